The minimum Gasteiger partial charge on any atom is -0.462 e. The predicted octanol–water partition coefficient (Wildman–Crippen LogP) is 24.0. The highest BCUT2D eigenvalue weighted by molar-refractivity contribution is 7.47. The lowest BCUT2D eigenvalue weighted by molar-refractivity contribution is -0.161. The molecule has 17 nitrogen and oxygen atoms in total. The van der Waals surface area contributed by atoms with E-state index in [-0.39, 0.29) is 25.7 Å². The van der Waals surface area contributed by atoms with Crippen molar-refractivity contribution in [2.24, 2.45) is 23.7 Å². The minimum atomic E-state index is -4.96. The van der Waals surface area contributed by atoms with E-state index < -0.39 is 97.5 Å². The van der Waals surface area contributed by atoms with Crippen molar-refractivity contribution < 1.29 is 80.2 Å². The van der Waals surface area contributed by atoms with Gasteiger partial charge in [0.05, 0.1) is 26.4 Å². The van der Waals surface area contributed by atoms with Crippen molar-refractivity contribution in [1.29, 1.82) is 0 Å². The second-order valence-corrected chi connectivity index (χ2v) is 34.0. The highest BCUT2D eigenvalue weighted by Gasteiger charge is 2.30. The monoisotopic (exact) mass is 1470 g/mol. The molecule has 0 fully saturated rings. The molecule has 0 bridgehead atoms. The molecule has 0 saturated heterocycles. The highest BCUT2D eigenvalue weighted by atomic mass is 31.2. The first kappa shape index (κ1) is 98.1. The van der Waals surface area contributed by atoms with Gasteiger partial charge in [0, 0.05) is 25.7 Å². The maximum absolute atomic E-state index is 13.1. The molecule has 0 aliphatic carbocycles. The number of rotatable bonds is 78. The number of carbonyl (C=O) groups is 4. The van der Waals surface area contributed by atoms with E-state index in [1.807, 2.05) is 0 Å². The summed E-state index contributed by atoms with van der Waals surface area (Å²) >= 11 is 0. The number of hydrogen-bond acceptors (Lipinski definition) is 15. The topological polar surface area (TPSA) is 237 Å². The lowest BCUT2D eigenvalue weighted by Gasteiger charge is -2.21. The van der Waals surface area contributed by atoms with Gasteiger partial charge in [0.15, 0.2) is 12.2 Å². The van der Waals surface area contributed by atoms with Crippen LogP contribution in [0.2, 0.25) is 0 Å². The molecule has 594 valence electrons. The Morgan fingerprint density at radius 2 is 0.420 bits per heavy atom. The SMILES string of the molecule is CC(C)CCCCCCCCCCCCCCCCCCCCC(=O)OC[C@H](COP(=O)(O)OC[C@@H](O)COP(=O)(O)OC[C@@H](COC(=O)CCCCCCCCC(C)C)OC(=O)CCCCCCCCCCCC(C)C)OC(=O)CCCCCCCCCCCCCCCCCC(C)C. The Balaban J connectivity index is 5.20. The Kier molecular flexibility index (Phi) is 68.7. The van der Waals surface area contributed by atoms with Crippen LogP contribution in [0.3, 0.4) is 0 Å². The number of phosphoric acid groups is 2. The molecule has 0 aromatic carbocycles. The van der Waals surface area contributed by atoms with Crippen LogP contribution >= 0.6 is 15.6 Å². The maximum atomic E-state index is 13.1. The fraction of sp³-hybridized carbons (Fsp3) is 0.951. The van der Waals surface area contributed by atoms with Crippen LogP contribution in [0.5, 0.6) is 0 Å². The number of ether oxygens (including phenoxy) is 4. The normalized spacial score (nSPS) is 14.0. The number of aliphatic hydroxyl groups is 1. The highest BCUT2D eigenvalue weighted by Crippen LogP contribution is 2.45. The summed E-state index contributed by atoms with van der Waals surface area (Å²) in [5.41, 5.74) is 0. The molecule has 2 unspecified atom stereocenters. The van der Waals surface area contributed by atoms with Crippen molar-refractivity contribution in [1.82, 2.24) is 0 Å². The third-order valence-corrected chi connectivity index (χ3v) is 20.7. The predicted molar refractivity (Wildman–Crippen MR) is 409 cm³/mol. The first-order valence-corrected chi connectivity index (χ1v) is 44.7. The van der Waals surface area contributed by atoms with Crippen molar-refractivity contribution in [3.8, 4) is 0 Å². The second-order valence-electron chi connectivity index (χ2n) is 31.1. The standard InChI is InChI=1S/C81H158O17P2/c1-71(2)57-49-41-33-27-22-18-14-11-9-10-12-16-20-24-30-36-45-53-61-78(83)91-67-76(97-80(85)63-55-47-37-31-25-21-17-13-15-19-23-28-34-42-50-58-72(3)4)69-95-99(87,88)93-65-75(82)66-94-100(89,90)96-70-77(68-92-79(84)62-54-46-40-39-44-52-60-74(7)8)98-81(86)64-56-48-38-32-26-29-35-43-51-59-73(5)6/h71-77,82H,9-70H2,1-8H3,(H,87,88)(H,89,90)/t75-,76-,77-/m1/s1. The molecule has 0 spiro atoms. The van der Waals surface area contributed by atoms with Crippen molar-refractivity contribution in [3.05, 3.63) is 0 Å². The molecular formula is C81H158O17P2. The van der Waals surface area contributed by atoms with Crippen LogP contribution in [0.4, 0.5) is 0 Å². The summed E-state index contributed by atoms with van der Waals surface area (Å²) < 4.78 is 68.6. The van der Waals surface area contributed by atoms with Crippen LogP contribution in [0.15, 0.2) is 0 Å². The molecule has 0 amide bonds. The summed E-state index contributed by atoms with van der Waals surface area (Å²) in [5.74, 6) is 0.924. The second kappa shape index (κ2) is 70.1. The van der Waals surface area contributed by atoms with Gasteiger partial charge in [0.1, 0.15) is 19.3 Å². The molecule has 0 aromatic rings. The fourth-order valence-corrected chi connectivity index (χ4v) is 14.0. The van der Waals surface area contributed by atoms with E-state index in [1.54, 1.807) is 0 Å². The first-order valence-electron chi connectivity index (χ1n) is 41.7. The molecule has 0 heterocycles. The van der Waals surface area contributed by atoms with Gasteiger partial charge in [-0.05, 0) is 49.4 Å². The van der Waals surface area contributed by atoms with Gasteiger partial charge < -0.3 is 33.8 Å². The Hall–Kier alpha value is -1.94. The summed E-state index contributed by atoms with van der Waals surface area (Å²) in [5, 5.41) is 10.6. The fourth-order valence-electron chi connectivity index (χ4n) is 12.4. The van der Waals surface area contributed by atoms with Crippen LogP contribution in [-0.4, -0.2) is 96.7 Å². The summed E-state index contributed by atoms with van der Waals surface area (Å²) in [6, 6.07) is 0. The van der Waals surface area contributed by atoms with Gasteiger partial charge in [0.2, 0.25) is 0 Å². The van der Waals surface area contributed by atoms with Crippen molar-refractivity contribution in [2.45, 2.75) is 433 Å². The number of carbonyl (C=O) groups excluding carboxylic acids is 4. The third-order valence-electron chi connectivity index (χ3n) is 18.8. The van der Waals surface area contributed by atoms with Crippen LogP contribution in [0.25, 0.3) is 0 Å². The van der Waals surface area contributed by atoms with Crippen molar-refractivity contribution in [3.63, 3.8) is 0 Å². The molecule has 19 heteroatoms. The van der Waals surface area contributed by atoms with Gasteiger partial charge in [-0.1, -0.05) is 364 Å². The largest absolute Gasteiger partial charge is 0.472 e. The van der Waals surface area contributed by atoms with E-state index in [2.05, 4.69) is 55.4 Å². The minimum absolute atomic E-state index is 0.104. The summed E-state index contributed by atoms with van der Waals surface area (Å²) in [4.78, 5) is 72.9. The number of esters is 4. The lowest BCUT2D eigenvalue weighted by atomic mass is 10.0. The summed E-state index contributed by atoms with van der Waals surface area (Å²) in [6.45, 7) is 14.2. The van der Waals surface area contributed by atoms with E-state index in [1.165, 1.54) is 212 Å². The van der Waals surface area contributed by atoms with E-state index in [0.717, 1.165) is 114 Å². The average molecular weight is 1470 g/mol. The lowest BCUT2D eigenvalue weighted by Crippen LogP contribution is -2.30. The van der Waals surface area contributed by atoms with Crippen LogP contribution < -0.4 is 0 Å². The molecule has 5 atom stereocenters. The molecule has 0 aliphatic rings. The summed E-state index contributed by atoms with van der Waals surface area (Å²) in [6.07, 6.45) is 57.2. The Morgan fingerprint density at radius 1 is 0.250 bits per heavy atom. The summed E-state index contributed by atoms with van der Waals surface area (Å²) in [7, 11) is -9.92. The Bertz CT molecular complexity index is 1950. The zero-order valence-corrected chi connectivity index (χ0v) is 67.6. The van der Waals surface area contributed by atoms with Crippen molar-refractivity contribution in [2.75, 3.05) is 39.6 Å². The molecule has 3 N–H and O–H groups in total. The van der Waals surface area contributed by atoms with E-state index in [9.17, 15) is 43.2 Å². The Morgan fingerprint density at radius 3 is 0.620 bits per heavy atom. The molecule has 100 heavy (non-hydrogen) atoms. The van der Waals surface area contributed by atoms with Crippen LogP contribution in [0.1, 0.15) is 415 Å². The molecule has 0 aromatic heterocycles. The zero-order valence-electron chi connectivity index (χ0n) is 65.8. The quantitative estimate of drug-likeness (QED) is 0.0222. The first-order chi connectivity index (χ1) is 48.1. The number of phosphoric ester groups is 2. The van der Waals surface area contributed by atoms with E-state index >= 15 is 0 Å². The van der Waals surface area contributed by atoms with Gasteiger partial charge in [-0.25, -0.2) is 9.13 Å². The molecule has 0 saturated carbocycles. The smallest absolute Gasteiger partial charge is 0.462 e. The van der Waals surface area contributed by atoms with Gasteiger partial charge in [-0.2, -0.15) is 0 Å². The molecule has 0 radical (unpaired) electrons. The van der Waals surface area contributed by atoms with E-state index in [4.69, 9.17) is 37.0 Å². The maximum Gasteiger partial charge on any atom is 0.472 e. The number of hydrogen-bond donors (Lipinski definition) is 3. The van der Waals surface area contributed by atoms with Gasteiger partial charge in [0.25, 0.3) is 0 Å². The van der Waals surface area contributed by atoms with Crippen LogP contribution in [0, 0.1) is 23.7 Å². The van der Waals surface area contributed by atoms with Crippen LogP contribution in [-0.2, 0) is 65.4 Å². The van der Waals surface area contributed by atoms with E-state index in [0.29, 0.717) is 31.6 Å². The number of aliphatic hydroxyl groups excluding tert-OH is 1. The van der Waals surface area contributed by atoms with Gasteiger partial charge >= 0.3 is 39.5 Å². The average Bonchev–Trinajstić information content (AvgIpc) is 0.958. The number of unbranched alkanes of at least 4 members (excludes halogenated alkanes) is 44. The molecule has 0 aliphatic heterocycles. The zero-order chi connectivity index (χ0) is 73.8. The van der Waals surface area contributed by atoms with Gasteiger partial charge in [-0.3, -0.25) is 37.3 Å². The molecular weight excluding hydrogens is 1310 g/mol. The van der Waals surface area contributed by atoms with Crippen molar-refractivity contribution >= 4 is 39.5 Å². The Labute approximate surface area is 613 Å². The third kappa shape index (κ3) is 74.3. The molecule has 0 rings (SSSR count). The van der Waals surface area contributed by atoms with Gasteiger partial charge in [-0.15, -0.1) is 0 Å².